The zero-order chi connectivity index (χ0) is 17.6. The maximum Gasteiger partial charge on any atom is 0.198 e. The van der Waals surface area contributed by atoms with E-state index < -0.39 is 0 Å². The van der Waals surface area contributed by atoms with Gasteiger partial charge in [-0.25, -0.2) is 0 Å². The molecule has 6 heteroatoms. The van der Waals surface area contributed by atoms with Crippen molar-refractivity contribution in [3.8, 4) is 0 Å². The molecule has 0 aliphatic carbocycles. The topological polar surface area (TPSA) is 60.1 Å². The van der Waals surface area contributed by atoms with Crippen molar-refractivity contribution >= 4 is 23.0 Å². The Morgan fingerprint density at radius 1 is 1.17 bits per heavy atom. The van der Waals surface area contributed by atoms with Crippen molar-refractivity contribution in [3.63, 3.8) is 0 Å². The van der Waals surface area contributed by atoms with Gasteiger partial charge in [-0.15, -0.1) is 0 Å². The van der Waals surface area contributed by atoms with E-state index in [1.54, 1.807) is 7.05 Å². The van der Waals surface area contributed by atoms with Gasteiger partial charge < -0.3 is 25.8 Å². The fourth-order valence-corrected chi connectivity index (χ4v) is 2.13. The van der Waals surface area contributed by atoms with Gasteiger partial charge in [-0.1, -0.05) is 0 Å². The van der Waals surface area contributed by atoms with Crippen molar-refractivity contribution in [3.05, 3.63) is 18.2 Å². The molecule has 1 aromatic rings. The second-order valence-corrected chi connectivity index (χ2v) is 6.38. The fourth-order valence-electron chi connectivity index (χ4n) is 2.13. The number of aliphatic imine (C=N–C) groups is 1. The van der Waals surface area contributed by atoms with E-state index in [2.05, 4.69) is 66.1 Å². The second-order valence-electron chi connectivity index (χ2n) is 6.38. The molecule has 1 aromatic carbocycles. The average molecular weight is 320 g/mol. The smallest absolute Gasteiger partial charge is 0.198 e. The van der Waals surface area contributed by atoms with Crippen LogP contribution in [0.4, 0.5) is 17.1 Å². The molecule has 6 nitrogen and oxygen atoms in total. The lowest BCUT2D eigenvalue weighted by Crippen LogP contribution is -2.38. The van der Waals surface area contributed by atoms with E-state index in [1.807, 2.05) is 19.2 Å². The van der Waals surface area contributed by atoms with E-state index in [0.717, 1.165) is 36.1 Å². The number of anilines is 3. The molecule has 0 spiro atoms. The minimum absolute atomic E-state index is 0.370. The number of hydrogen-bond acceptors (Lipinski definition) is 4. The summed E-state index contributed by atoms with van der Waals surface area (Å²) in [5.41, 5.74) is 8.99. The number of hydrogen-bond donors (Lipinski definition) is 2. The summed E-state index contributed by atoms with van der Waals surface area (Å²) in [4.78, 5) is 10.7. The molecular weight excluding hydrogens is 288 g/mol. The molecule has 0 saturated carbocycles. The number of nitrogens with one attached hydrogen (secondary N) is 1. The number of benzene rings is 1. The largest absolute Gasteiger partial charge is 0.397 e. The summed E-state index contributed by atoms with van der Waals surface area (Å²) < 4.78 is 0. The highest BCUT2D eigenvalue weighted by Crippen LogP contribution is 2.25. The van der Waals surface area contributed by atoms with Crippen LogP contribution in [0.2, 0.25) is 0 Å². The Hall–Kier alpha value is -1.95. The van der Waals surface area contributed by atoms with Crippen LogP contribution in [0.25, 0.3) is 0 Å². The van der Waals surface area contributed by atoms with Gasteiger partial charge in [0.25, 0.3) is 0 Å². The van der Waals surface area contributed by atoms with Gasteiger partial charge in [-0.3, -0.25) is 4.99 Å². The zero-order valence-electron chi connectivity index (χ0n) is 15.6. The van der Waals surface area contributed by atoms with Crippen LogP contribution >= 0.6 is 0 Å². The Labute approximate surface area is 141 Å². The summed E-state index contributed by atoms with van der Waals surface area (Å²) in [7, 11) is 10.0. The van der Waals surface area contributed by atoms with Gasteiger partial charge in [0.1, 0.15) is 0 Å². The number of nitrogen functional groups attached to an aromatic ring is 1. The van der Waals surface area contributed by atoms with Gasteiger partial charge in [-0.05, 0) is 46.1 Å². The monoisotopic (exact) mass is 320 g/mol. The van der Waals surface area contributed by atoms with Crippen LogP contribution in [-0.4, -0.2) is 70.1 Å². The highest BCUT2D eigenvalue weighted by molar-refractivity contribution is 5.94. The zero-order valence-corrected chi connectivity index (χ0v) is 15.6. The first kappa shape index (κ1) is 19.1. The molecule has 0 heterocycles. The van der Waals surface area contributed by atoms with Crippen molar-refractivity contribution in [2.45, 2.75) is 19.9 Å². The summed E-state index contributed by atoms with van der Waals surface area (Å²) >= 11 is 0. The van der Waals surface area contributed by atoms with Crippen LogP contribution in [0, 0.1) is 0 Å². The number of likely N-dealkylation sites (N-methyl/N-ethyl adjacent to an activating group) is 2. The van der Waals surface area contributed by atoms with E-state index in [4.69, 9.17) is 5.73 Å². The molecule has 0 aromatic heterocycles. The van der Waals surface area contributed by atoms with Gasteiger partial charge >= 0.3 is 0 Å². The Bertz CT molecular complexity index is 524. The molecule has 130 valence electrons. The molecule has 23 heavy (non-hydrogen) atoms. The van der Waals surface area contributed by atoms with Crippen molar-refractivity contribution in [1.82, 2.24) is 9.80 Å². The van der Waals surface area contributed by atoms with Gasteiger partial charge in [0.15, 0.2) is 5.96 Å². The lowest BCUT2D eigenvalue weighted by molar-refractivity contribution is 0.416. The SMILES string of the molecule is CN=C(Nc1ccc(N(C)CCN(C)C)c(N)c1)N(C)C(C)C. The first-order valence-electron chi connectivity index (χ1n) is 7.98. The summed E-state index contributed by atoms with van der Waals surface area (Å²) in [6, 6.07) is 6.42. The molecule has 0 bridgehead atoms. The van der Waals surface area contributed by atoms with E-state index >= 15 is 0 Å². The quantitative estimate of drug-likeness (QED) is 0.477. The van der Waals surface area contributed by atoms with Crippen LogP contribution in [0.5, 0.6) is 0 Å². The van der Waals surface area contributed by atoms with Gasteiger partial charge in [0, 0.05) is 46.0 Å². The number of guanidine groups is 1. The van der Waals surface area contributed by atoms with Gasteiger partial charge in [0.05, 0.1) is 11.4 Å². The third-order valence-electron chi connectivity index (χ3n) is 3.90. The highest BCUT2D eigenvalue weighted by Gasteiger charge is 2.11. The number of nitrogens with two attached hydrogens (primary N) is 1. The molecule has 0 saturated heterocycles. The third kappa shape index (κ3) is 5.63. The molecular formula is C17H32N6. The summed E-state index contributed by atoms with van der Waals surface area (Å²) in [5, 5.41) is 3.34. The number of nitrogens with zero attached hydrogens (tertiary/aromatic N) is 4. The molecule has 0 unspecified atom stereocenters. The highest BCUT2D eigenvalue weighted by atomic mass is 15.3. The maximum atomic E-state index is 6.23. The van der Waals surface area contributed by atoms with E-state index in [0.29, 0.717) is 6.04 Å². The lowest BCUT2D eigenvalue weighted by atomic mass is 10.2. The molecule has 0 aliphatic rings. The first-order valence-corrected chi connectivity index (χ1v) is 7.98. The van der Waals surface area contributed by atoms with Crippen LogP contribution in [-0.2, 0) is 0 Å². The van der Waals surface area contributed by atoms with Crippen LogP contribution < -0.4 is 16.0 Å². The van der Waals surface area contributed by atoms with Gasteiger partial charge in [-0.2, -0.15) is 0 Å². The second kappa shape index (κ2) is 8.62. The Kier molecular flexibility index (Phi) is 7.16. The van der Waals surface area contributed by atoms with Crippen molar-refractivity contribution in [2.24, 2.45) is 4.99 Å². The normalized spacial score (nSPS) is 12.0. The van der Waals surface area contributed by atoms with Gasteiger partial charge in [0.2, 0.25) is 0 Å². The molecule has 0 fully saturated rings. The predicted octanol–water partition coefficient (Wildman–Crippen LogP) is 2.00. The van der Waals surface area contributed by atoms with E-state index in [9.17, 15) is 0 Å². The van der Waals surface area contributed by atoms with E-state index in [-0.39, 0.29) is 0 Å². The standard InChI is InChI=1S/C17H32N6/c1-13(2)23(7)17(19-3)20-14-8-9-16(15(18)12-14)22(6)11-10-21(4)5/h8-9,12-13H,10-11,18H2,1-7H3,(H,19,20). The summed E-state index contributed by atoms with van der Waals surface area (Å²) in [6.45, 7) is 6.18. The maximum absolute atomic E-state index is 6.23. The molecule has 0 aliphatic heterocycles. The van der Waals surface area contributed by atoms with Crippen molar-refractivity contribution in [1.29, 1.82) is 0 Å². The first-order chi connectivity index (χ1) is 10.8. The molecule has 1 rings (SSSR count). The Morgan fingerprint density at radius 2 is 1.83 bits per heavy atom. The number of rotatable bonds is 6. The predicted molar refractivity (Wildman–Crippen MR) is 103 cm³/mol. The minimum atomic E-state index is 0.370. The van der Waals surface area contributed by atoms with Crippen molar-refractivity contribution in [2.75, 3.05) is 64.3 Å². The fraction of sp³-hybridized carbons (Fsp3) is 0.588. The average Bonchev–Trinajstić information content (AvgIpc) is 2.49. The molecule has 0 atom stereocenters. The van der Waals surface area contributed by atoms with E-state index in [1.165, 1.54) is 0 Å². The van der Waals surface area contributed by atoms with Crippen LogP contribution in [0.1, 0.15) is 13.8 Å². The molecule has 3 N–H and O–H groups in total. The summed E-state index contributed by atoms with van der Waals surface area (Å²) in [5.74, 6) is 0.827. The minimum Gasteiger partial charge on any atom is -0.397 e. The molecule has 0 amide bonds. The third-order valence-corrected chi connectivity index (χ3v) is 3.90. The lowest BCUT2D eigenvalue weighted by Gasteiger charge is -2.27. The summed E-state index contributed by atoms with van der Waals surface area (Å²) in [6.07, 6.45) is 0. The van der Waals surface area contributed by atoms with Crippen molar-refractivity contribution < 1.29 is 0 Å². The Balaban J connectivity index is 2.83. The Morgan fingerprint density at radius 3 is 2.30 bits per heavy atom. The van der Waals surface area contributed by atoms with Crippen LogP contribution in [0.15, 0.2) is 23.2 Å². The van der Waals surface area contributed by atoms with Crippen LogP contribution in [0.3, 0.4) is 0 Å². The molecule has 0 radical (unpaired) electrons.